The van der Waals surface area contributed by atoms with Gasteiger partial charge in [-0.2, -0.15) is 0 Å². The Morgan fingerprint density at radius 3 is 2.39 bits per heavy atom. The topological polar surface area (TPSA) is 40.4 Å². The molecule has 5 aromatic carbocycles. The number of aryl methyl sites for hydroxylation is 2. The fourth-order valence-corrected chi connectivity index (χ4v) is 9.42. The zero-order valence-corrected chi connectivity index (χ0v) is 32.7. The van der Waals surface area contributed by atoms with E-state index in [1.54, 1.807) is 0 Å². The maximum atomic E-state index is 6.55. The maximum Gasteiger partial charge on any atom is 0.159 e. The molecule has 4 unspecified atom stereocenters. The van der Waals surface area contributed by atoms with E-state index in [1.807, 2.05) is 0 Å². The fourth-order valence-electron chi connectivity index (χ4n) is 8.97. The minimum atomic E-state index is -0.210. The molecule has 1 aliphatic carbocycles. The summed E-state index contributed by atoms with van der Waals surface area (Å²) in [6, 6.07) is 37.9. The summed E-state index contributed by atoms with van der Waals surface area (Å²) in [5, 5.41) is 0. The first kappa shape index (κ1) is 34.5. The molecule has 0 N–H and O–H groups in total. The van der Waals surface area contributed by atoms with Gasteiger partial charge in [0.1, 0.15) is 18.2 Å². The van der Waals surface area contributed by atoms with Gasteiger partial charge >= 0.3 is 0 Å². The Hall–Kier alpha value is -5.25. The van der Waals surface area contributed by atoms with Crippen LogP contribution in [0.3, 0.4) is 0 Å². The van der Waals surface area contributed by atoms with Crippen molar-refractivity contribution in [2.24, 2.45) is 9.98 Å². The van der Waals surface area contributed by atoms with Gasteiger partial charge in [-0.15, -0.1) is 0 Å². The predicted octanol–water partition coefficient (Wildman–Crippen LogP) is 11.9. The normalized spacial score (nSPS) is 20.0. The molecular formula is C48H47N4OP. The third-order valence-corrected chi connectivity index (χ3v) is 12.2. The zero-order valence-electron chi connectivity index (χ0n) is 31.6. The molecule has 0 aromatic heterocycles. The highest BCUT2D eigenvalue weighted by Gasteiger charge is 2.38. The van der Waals surface area contributed by atoms with Crippen molar-refractivity contribution in [1.29, 1.82) is 0 Å². The van der Waals surface area contributed by atoms with Crippen molar-refractivity contribution >= 4 is 32.4 Å². The monoisotopic (exact) mass is 726 g/mol. The molecule has 6 heteroatoms. The molecule has 0 bridgehead atoms. The molecule has 54 heavy (non-hydrogen) atoms. The number of allylic oxidation sites excluding steroid dienone is 2. The highest BCUT2D eigenvalue weighted by molar-refractivity contribution is 7.15. The van der Waals surface area contributed by atoms with Crippen molar-refractivity contribution in [3.63, 3.8) is 0 Å². The maximum absolute atomic E-state index is 6.55. The van der Waals surface area contributed by atoms with E-state index in [9.17, 15) is 0 Å². The number of benzene rings is 5. The molecule has 0 fully saturated rings. The molecule has 5 aromatic rings. The largest absolute Gasteiger partial charge is 0.488 e. The minimum Gasteiger partial charge on any atom is -0.488 e. The van der Waals surface area contributed by atoms with E-state index in [2.05, 4.69) is 168 Å². The molecule has 9 rings (SSSR count). The van der Waals surface area contributed by atoms with Crippen LogP contribution in [0, 0.1) is 13.8 Å². The van der Waals surface area contributed by atoms with Crippen LogP contribution in [-0.4, -0.2) is 28.5 Å². The van der Waals surface area contributed by atoms with Gasteiger partial charge in [0.05, 0.1) is 5.69 Å². The van der Waals surface area contributed by atoms with Gasteiger partial charge in [-0.25, -0.2) is 9.98 Å². The average molecular weight is 727 g/mol. The average Bonchev–Trinajstić information content (AvgIpc) is 3.48. The molecule has 4 aliphatic rings. The Morgan fingerprint density at radius 2 is 1.57 bits per heavy atom. The zero-order chi connectivity index (χ0) is 36.9. The number of para-hydroxylation sites is 1. The number of hydrogen-bond donors (Lipinski definition) is 0. The summed E-state index contributed by atoms with van der Waals surface area (Å²) in [6.45, 7) is 9.54. The highest BCUT2D eigenvalue weighted by atomic mass is 31.0. The van der Waals surface area contributed by atoms with Crippen LogP contribution in [-0.2, 0) is 6.61 Å². The first-order valence-corrected chi connectivity index (χ1v) is 19.9. The van der Waals surface area contributed by atoms with E-state index in [0.29, 0.717) is 18.6 Å². The first-order chi connectivity index (χ1) is 26.4. The number of anilines is 2. The lowest BCUT2D eigenvalue weighted by atomic mass is 9.91. The van der Waals surface area contributed by atoms with E-state index < -0.39 is 0 Å². The van der Waals surface area contributed by atoms with Crippen LogP contribution in [0.1, 0.15) is 78.8 Å². The summed E-state index contributed by atoms with van der Waals surface area (Å²) >= 11 is 0. The second-order valence-corrected chi connectivity index (χ2v) is 15.6. The summed E-state index contributed by atoms with van der Waals surface area (Å²) in [5.41, 5.74) is 15.7. The van der Waals surface area contributed by atoms with Gasteiger partial charge < -0.3 is 14.3 Å². The summed E-state index contributed by atoms with van der Waals surface area (Å²) in [5.74, 6) is 3.05. The van der Waals surface area contributed by atoms with E-state index in [-0.39, 0.29) is 6.17 Å². The van der Waals surface area contributed by atoms with Gasteiger partial charge in [-0.05, 0) is 124 Å². The standard InChI is InChI=1S/C48H47N4OP/c1-5-14-39-32(4)51(42-20-12-11-19-41(39)42)43-21-13-22-44-45(43)40-26-23-34(28-36(40)29-53-44)46-49-47(33-16-7-6-8-17-33)52(54)48(50-46)35-24-25-38(31(3)27-35)37-18-10-9-15-30(37)2/h7,9-13,15-28,32,39,47H,5-6,8,14,29,54H2,1-4H3. The van der Waals surface area contributed by atoms with Crippen molar-refractivity contribution in [1.82, 2.24) is 4.67 Å². The van der Waals surface area contributed by atoms with Gasteiger partial charge in [-0.3, -0.25) is 0 Å². The molecule has 0 spiro atoms. The van der Waals surface area contributed by atoms with Gasteiger partial charge in [0.25, 0.3) is 0 Å². The number of hydrogen-bond acceptors (Lipinski definition) is 5. The summed E-state index contributed by atoms with van der Waals surface area (Å²) in [7, 11) is 2.93. The molecule has 0 saturated carbocycles. The van der Waals surface area contributed by atoms with Crippen molar-refractivity contribution in [3.8, 4) is 28.0 Å². The molecular weight excluding hydrogens is 680 g/mol. The fraction of sp³-hybridized carbons (Fsp3) is 0.250. The lowest BCUT2D eigenvalue weighted by molar-refractivity contribution is 0.302. The number of rotatable bonds is 7. The van der Waals surface area contributed by atoms with Crippen LogP contribution in [0.4, 0.5) is 11.4 Å². The third-order valence-electron chi connectivity index (χ3n) is 11.7. The highest BCUT2D eigenvalue weighted by Crippen LogP contribution is 2.52. The summed E-state index contributed by atoms with van der Waals surface area (Å²) < 4.78 is 8.70. The molecule has 3 aliphatic heterocycles. The van der Waals surface area contributed by atoms with Crippen LogP contribution < -0.4 is 9.64 Å². The minimum absolute atomic E-state index is 0.210. The Balaban J connectivity index is 1.12. The SMILES string of the molecule is CCCC1c2ccccc2N(c2cccc3c2-c2ccc(C4=NC(C5=CCCC=C5)N(P)C(c5ccc(-c6ccccc6C)c(C)c5)=N4)cc2CO3)C1C. The van der Waals surface area contributed by atoms with Gasteiger partial charge in [0.2, 0.25) is 0 Å². The predicted molar refractivity (Wildman–Crippen MR) is 228 cm³/mol. The molecule has 0 amide bonds. The van der Waals surface area contributed by atoms with Gasteiger partial charge in [0, 0.05) is 34.3 Å². The van der Waals surface area contributed by atoms with Crippen LogP contribution in [0.5, 0.6) is 5.75 Å². The van der Waals surface area contributed by atoms with Crippen molar-refractivity contribution in [2.45, 2.75) is 78.1 Å². The van der Waals surface area contributed by atoms with Crippen LogP contribution in [0.15, 0.2) is 137 Å². The lowest BCUT2D eigenvalue weighted by Gasteiger charge is -2.34. The van der Waals surface area contributed by atoms with E-state index in [0.717, 1.165) is 58.9 Å². The second kappa shape index (κ2) is 14.2. The quantitative estimate of drug-likeness (QED) is 0.157. The first-order valence-electron chi connectivity index (χ1n) is 19.4. The third kappa shape index (κ3) is 5.90. The Labute approximate surface area is 322 Å². The van der Waals surface area contributed by atoms with Gasteiger partial charge in [0.15, 0.2) is 12.0 Å². The van der Waals surface area contributed by atoms with E-state index in [4.69, 9.17) is 14.7 Å². The van der Waals surface area contributed by atoms with Gasteiger partial charge in [-0.1, -0.05) is 104 Å². The van der Waals surface area contributed by atoms with Crippen LogP contribution in [0.25, 0.3) is 22.3 Å². The van der Waals surface area contributed by atoms with E-state index >= 15 is 0 Å². The number of amidine groups is 2. The van der Waals surface area contributed by atoms with Crippen LogP contribution in [0.2, 0.25) is 0 Å². The van der Waals surface area contributed by atoms with Crippen molar-refractivity contribution in [2.75, 3.05) is 4.90 Å². The number of ether oxygens (including phenoxy) is 1. The molecule has 4 atom stereocenters. The summed E-state index contributed by atoms with van der Waals surface area (Å²) in [4.78, 5) is 13.2. The smallest absolute Gasteiger partial charge is 0.159 e. The van der Waals surface area contributed by atoms with Crippen molar-refractivity contribution < 1.29 is 4.74 Å². The van der Waals surface area contributed by atoms with Crippen molar-refractivity contribution in [3.05, 3.63) is 160 Å². The molecule has 270 valence electrons. The Morgan fingerprint density at radius 1 is 0.796 bits per heavy atom. The Kier molecular flexibility index (Phi) is 9.07. The molecule has 3 heterocycles. The lowest BCUT2D eigenvalue weighted by Crippen LogP contribution is -2.37. The molecule has 5 nitrogen and oxygen atoms in total. The Bertz CT molecular complexity index is 2410. The number of aliphatic imine (C=N–C) groups is 2. The molecule has 0 radical (unpaired) electrons. The van der Waals surface area contributed by atoms with Crippen LogP contribution >= 0.6 is 9.39 Å². The summed E-state index contributed by atoms with van der Waals surface area (Å²) in [6.07, 6.45) is 11.0. The molecule has 0 saturated heterocycles. The second-order valence-electron chi connectivity index (χ2n) is 15.1. The number of fused-ring (bicyclic) bond motifs is 4. The number of nitrogens with zero attached hydrogens (tertiary/aromatic N) is 4. The van der Waals surface area contributed by atoms with E-state index in [1.165, 1.54) is 56.7 Å².